The maximum atomic E-state index is 12.6. The number of rotatable bonds is 1. The van der Waals surface area contributed by atoms with Crippen molar-refractivity contribution in [1.82, 2.24) is 0 Å². The summed E-state index contributed by atoms with van der Waals surface area (Å²) in [6.45, 7) is 0. The molecule has 0 atom stereocenters. The molecule has 0 aliphatic carbocycles. The van der Waals surface area contributed by atoms with Crippen molar-refractivity contribution in [1.29, 1.82) is 0 Å². The fraction of sp³-hybridized carbons (Fsp3) is 0. The molecular formula is C7ClF5O. The highest BCUT2D eigenvalue weighted by Gasteiger charge is 2.28. The highest BCUT2D eigenvalue weighted by atomic mass is 35.5. The first-order valence-corrected chi connectivity index (χ1v) is 3.47. The van der Waals surface area contributed by atoms with E-state index in [4.69, 9.17) is 11.6 Å². The van der Waals surface area contributed by atoms with Gasteiger partial charge in [-0.25, -0.2) is 17.6 Å². The lowest BCUT2D eigenvalue weighted by Gasteiger charge is -2.03. The Morgan fingerprint density at radius 3 is 1.79 bits per heavy atom. The van der Waals surface area contributed by atoms with Gasteiger partial charge in [0.25, 0.3) is 0 Å². The smallest absolute Gasteiger partial charge is 0.255 e. The Balaban J connectivity index is 3.68. The molecule has 0 N–H and O–H groups in total. The van der Waals surface area contributed by atoms with Gasteiger partial charge in [0.15, 0.2) is 23.3 Å². The lowest BCUT2D eigenvalue weighted by molar-refractivity contribution is 0.0829. The largest absolute Gasteiger partial charge is 0.336 e. The second-order valence-corrected chi connectivity index (χ2v) is 2.60. The Labute approximate surface area is 79.1 Å². The number of benzene rings is 1. The van der Waals surface area contributed by atoms with Gasteiger partial charge in [-0.3, -0.25) is 4.79 Å². The van der Waals surface area contributed by atoms with Crippen LogP contribution in [-0.4, -0.2) is 6.04 Å². The Bertz CT molecular complexity index is 388. The zero-order valence-electron chi connectivity index (χ0n) is 6.18. The van der Waals surface area contributed by atoms with Crippen molar-refractivity contribution in [2.45, 2.75) is 0 Å². The minimum absolute atomic E-state index is 1.42. The average Bonchev–Trinajstić information content (AvgIpc) is 2.11. The van der Waals surface area contributed by atoms with Crippen molar-refractivity contribution in [3.63, 3.8) is 0 Å². The molecule has 1 rings (SSSR count). The van der Waals surface area contributed by atoms with E-state index >= 15 is 0 Å². The minimum atomic E-state index is -2.48. The first-order valence-electron chi connectivity index (χ1n) is 3.09. The number of hydrogen-bond acceptors (Lipinski definition) is 1. The minimum Gasteiger partial charge on any atom is -0.255 e. The molecule has 0 aliphatic heterocycles. The highest BCUT2D eigenvalue weighted by Crippen LogP contribution is 2.28. The molecule has 0 fully saturated rings. The number of carbonyl (C=O) groups excluding carboxylic acids is 1. The van der Waals surface area contributed by atoms with Gasteiger partial charge in [0.1, 0.15) is 5.56 Å². The maximum Gasteiger partial charge on any atom is 0.336 e. The van der Waals surface area contributed by atoms with E-state index in [0.717, 1.165) is 0 Å². The van der Waals surface area contributed by atoms with Crippen LogP contribution in [0.15, 0.2) is 0 Å². The van der Waals surface area contributed by atoms with E-state index in [-0.39, 0.29) is 0 Å². The van der Waals surface area contributed by atoms with Crippen LogP contribution in [-0.2, 0) is 0 Å². The van der Waals surface area contributed by atoms with Gasteiger partial charge >= 0.3 is 6.04 Å². The van der Waals surface area contributed by atoms with E-state index in [1.54, 1.807) is 0 Å². The standard InChI is InChI=1S/C7ClF5O/c8-2-1(7(13)14)3(9)5(11)6(12)4(2)10. The molecule has 0 aromatic heterocycles. The fourth-order valence-corrected chi connectivity index (χ4v) is 1.02. The van der Waals surface area contributed by atoms with E-state index in [9.17, 15) is 26.7 Å². The molecule has 7 heteroatoms. The first kappa shape index (κ1) is 10.9. The highest BCUT2D eigenvalue weighted by molar-refractivity contribution is 6.33. The summed E-state index contributed by atoms with van der Waals surface area (Å²) in [5, 5.41) is -1.42. The molecular weight excluding hydrogens is 231 g/mol. The van der Waals surface area contributed by atoms with E-state index in [1.165, 1.54) is 0 Å². The van der Waals surface area contributed by atoms with Gasteiger partial charge in [-0.15, -0.1) is 0 Å². The number of halogens is 6. The van der Waals surface area contributed by atoms with Crippen LogP contribution in [0.1, 0.15) is 10.4 Å². The lowest BCUT2D eigenvalue weighted by Crippen LogP contribution is -2.06. The van der Waals surface area contributed by atoms with E-state index in [1.807, 2.05) is 0 Å². The van der Waals surface area contributed by atoms with Crippen molar-refractivity contribution >= 4 is 17.6 Å². The molecule has 1 aromatic carbocycles. The van der Waals surface area contributed by atoms with E-state index in [2.05, 4.69) is 0 Å². The molecule has 0 unspecified atom stereocenters. The van der Waals surface area contributed by atoms with E-state index in [0.29, 0.717) is 0 Å². The summed E-state index contributed by atoms with van der Waals surface area (Å²) in [5.74, 6) is -8.64. The Morgan fingerprint density at radius 2 is 1.36 bits per heavy atom. The SMILES string of the molecule is O=C(F)c1c(F)c(F)c(F)c(F)c1Cl. The monoisotopic (exact) mass is 230 g/mol. The predicted octanol–water partition coefficient (Wildman–Crippen LogP) is 3.01. The summed E-state index contributed by atoms with van der Waals surface area (Å²) in [7, 11) is 0. The summed E-state index contributed by atoms with van der Waals surface area (Å²) in [6.07, 6.45) is 0. The Kier molecular flexibility index (Phi) is 2.75. The summed E-state index contributed by atoms with van der Waals surface area (Å²) < 4.78 is 62.0. The topological polar surface area (TPSA) is 17.1 Å². The zero-order chi connectivity index (χ0) is 11.0. The molecule has 0 saturated heterocycles. The summed E-state index contributed by atoms with van der Waals surface area (Å²) in [6, 6.07) is -2.48. The molecule has 0 spiro atoms. The van der Waals surface area contributed by atoms with Crippen LogP contribution in [0.25, 0.3) is 0 Å². The molecule has 0 heterocycles. The summed E-state index contributed by atoms with van der Waals surface area (Å²) >= 11 is 4.89. The Morgan fingerprint density at radius 1 is 0.929 bits per heavy atom. The third kappa shape index (κ3) is 1.45. The van der Waals surface area contributed by atoms with E-state index < -0.39 is 39.9 Å². The molecule has 14 heavy (non-hydrogen) atoms. The quantitative estimate of drug-likeness (QED) is 0.314. The van der Waals surface area contributed by atoms with Gasteiger partial charge < -0.3 is 0 Å². The van der Waals surface area contributed by atoms with Crippen molar-refractivity contribution in [2.75, 3.05) is 0 Å². The van der Waals surface area contributed by atoms with Crippen LogP contribution in [0.2, 0.25) is 5.02 Å². The van der Waals surface area contributed by atoms with Crippen molar-refractivity contribution < 1.29 is 26.7 Å². The predicted molar refractivity (Wildman–Crippen MR) is 36.7 cm³/mol. The van der Waals surface area contributed by atoms with Crippen molar-refractivity contribution in [3.8, 4) is 0 Å². The molecule has 0 aliphatic rings. The second-order valence-electron chi connectivity index (χ2n) is 2.22. The second kappa shape index (κ2) is 3.53. The van der Waals surface area contributed by atoms with Gasteiger partial charge in [0.2, 0.25) is 0 Å². The lowest BCUT2D eigenvalue weighted by atomic mass is 10.2. The van der Waals surface area contributed by atoms with Crippen LogP contribution in [0.5, 0.6) is 0 Å². The number of hydrogen-bond donors (Lipinski definition) is 0. The number of carbonyl (C=O) groups is 1. The maximum absolute atomic E-state index is 12.6. The molecule has 0 saturated carbocycles. The molecule has 1 nitrogen and oxygen atoms in total. The van der Waals surface area contributed by atoms with Crippen LogP contribution in [0, 0.1) is 23.3 Å². The summed E-state index contributed by atoms with van der Waals surface area (Å²) in [5.41, 5.74) is -1.65. The normalized spacial score (nSPS) is 10.4. The fourth-order valence-electron chi connectivity index (χ4n) is 0.777. The van der Waals surface area contributed by atoms with Crippen LogP contribution in [0.4, 0.5) is 22.0 Å². The summed E-state index contributed by atoms with van der Waals surface area (Å²) in [4.78, 5) is 10.1. The molecule has 1 aromatic rings. The van der Waals surface area contributed by atoms with Crippen molar-refractivity contribution in [2.24, 2.45) is 0 Å². The Hall–Kier alpha value is -1.17. The molecule has 0 radical (unpaired) electrons. The molecule has 0 bridgehead atoms. The van der Waals surface area contributed by atoms with Crippen LogP contribution < -0.4 is 0 Å². The third-order valence-corrected chi connectivity index (χ3v) is 1.76. The zero-order valence-corrected chi connectivity index (χ0v) is 6.93. The first-order chi connectivity index (χ1) is 6.37. The van der Waals surface area contributed by atoms with Gasteiger partial charge in [-0.1, -0.05) is 11.6 Å². The van der Waals surface area contributed by atoms with Gasteiger partial charge in [-0.05, 0) is 0 Å². The average molecular weight is 231 g/mol. The van der Waals surface area contributed by atoms with Crippen LogP contribution >= 0.6 is 11.6 Å². The van der Waals surface area contributed by atoms with Gasteiger partial charge in [0, 0.05) is 0 Å². The third-order valence-electron chi connectivity index (χ3n) is 1.41. The molecule has 0 amide bonds. The molecule has 76 valence electrons. The van der Waals surface area contributed by atoms with Crippen LogP contribution in [0.3, 0.4) is 0 Å². The van der Waals surface area contributed by atoms with Gasteiger partial charge in [0.05, 0.1) is 5.02 Å². The van der Waals surface area contributed by atoms with Gasteiger partial charge in [-0.2, -0.15) is 4.39 Å². The van der Waals surface area contributed by atoms with Crippen molar-refractivity contribution in [3.05, 3.63) is 33.9 Å².